The minimum atomic E-state index is 0.146. The quantitative estimate of drug-likeness (QED) is 0.616. The molecule has 3 nitrogen and oxygen atoms in total. The van der Waals surface area contributed by atoms with Crippen molar-refractivity contribution in [3.63, 3.8) is 0 Å². The molecule has 0 radical (unpaired) electrons. The lowest BCUT2D eigenvalue weighted by atomic mass is 9.87. The highest BCUT2D eigenvalue weighted by Crippen LogP contribution is 2.26. The van der Waals surface area contributed by atoms with Gasteiger partial charge >= 0.3 is 0 Å². The number of nitriles is 1. The molecule has 0 aliphatic carbocycles. The Hall–Kier alpha value is -2.73. The van der Waals surface area contributed by atoms with Gasteiger partial charge in [-0.3, -0.25) is 0 Å². The zero-order valence-electron chi connectivity index (χ0n) is 16.0. The van der Waals surface area contributed by atoms with Gasteiger partial charge in [-0.15, -0.1) is 0 Å². The van der Waals surface area contributed by atoms with Gasteiger partial charge in [0.1, 0.15) is 18.4 Å². The third-order valence-corrected chi connectivity index (χ3v) is 4.80. The molecule has 0 amide bonds. The maximum absolute atomic E-state index is 9.41. The smallest absolute Gasteiger partial charge is 0.119 e. The Labute approximate surface area is 155 Å². The van der Waals surface area contributed by atoms with Gasteiger partial charge < -0.3 is 9.30 Å². The highest BCUT2D eigenvalue weighted by Gasteiger charge is 2.13. The van der Waals surface area contributed by atoms with Gasteiger partial charge in [0.15, 0.2) is 0 Å². The summed E-state index contributed by atoms with van der Waals surface area (Å²) < 4.78 is 8.09. The second-order valence-corrected chi connectivity index (χ2v) is 7.64. The van der Waals surface area contributed by atoms with Crippen molar-refractivity contribution in [2.24, 2.45) is 0 Å². The van der Waals surface area contributed by atoms with E-state index in [1.165, 1.54) is 11.1 Å². The summed E-state index contributed by atoms with van der Waals surface area (Å²) in [6.45, 7) is 10.1. The molecule has 0 fully saturated rings. The van der Waals surface area contributed by atoms with Crippen LogP contribution in [0.5, 0.6) is 5.75 Å². The van der Waals surface area contributed by atoms with Crippen molar-refractivity contribution in [3.8, 4) is 11.8 Å². The number of fused-ring (bicyclic) bond motifs is 1. The number of hydrogen-bond donors (Lipinski definition) is 0. The first-order valence-electron chi connectivity index (χ1n) is 9.18. The largest absolute Gasteiger partial charge is 0.492 e. The third-order valence-electron chi connectivity index (χ3n) is 4.80. The van der Waals surface area contributed by atoms with Crippen LogP contribution in [0.15, 0.2) is 48.7 Å². The molecule has 0 spiro atoms. The van der Waals surface area contributed by atoms with Gasteiger partial charge in [-0.1, -0.05) is 58.0 Å². The standard InChI is InChI=1S/C23H26N2O/c1-5-17-7-6-8-21-18(15-24)16-25(22(17)21)13-14-26-20-11-9-19(10-12-20)23(2,3)4/h6-12,16H,5,13-14H2,1-4H3. The molecule has 3 aromatic rings. The molecule has 0 unspecified atom stereocenters. The maximum atomic E-state index is 9.41. The normalized spacial score (nSPS) is 11.5. The number of nitrogens with zero attached hydrogens (tertiary/aromatic N) is 2. The fourth-order valence-corrected chi connectivity index (χ4v) is 3.30. The predicted octanol–water partition coefficient (Wildman–Crippen LogP) is 5.45. The van der Waals surface area contributed by atoms with Crippen LogP contribution in [0.25, 0.3) is 10.9 Å². The van der Waals surface area contributed by atoms with Crippen molar-refractivity contribution >= 4 is 10.9 Å². The molecule has 2 aromatic carbocycles. The first kappa shape index (κ1) is 18.1. The van der Waals surface area contributed by atoms with Crippen molar-refractivity contribution in [3.05, 3.63) is 65.4 Å². The van der Waals surface area contributed by atoms with Crippen molar-refractivity contribution < 1.29 is 4.74 Å². The molecule has 0 saturated heterocycles. The van der Waals surface area contributed by atoms with Gasteiger partial charge in [-0.05, 0) is 35.1 Å². The highest BCUT2D eigenvalue weighted by atomic mass is 16.5. The van der Waals surface area contributed by atoms with Crippen LogP contribution >= 0.6 is 0 Å². The number of aromatic nitrogens is 1. The number of ether oxygens (including phenoxy) is 1. The Morgan fingerprint density at radius 3 is 2.42 bits per heavy atom. The lowest BCUT2D eigenvalue weighted by Crippen LogP contribution is -2.11. The monoisotopic (exact) mass is 346 g/mol. The third kappa shape index (κ3) is 3.60. The molecule has 1 heterocycles. The van der Waals surface area contributed by atoms with Crippen LogP contribution in [0.3, 0.4) is 0 Å². The van der Waals surface area contributed by atoms with Gasteiger partial charge in [0.05, 0.1) is 17.6 Å². The van der Waals surface area contributed by atoms with Crippen LogP contribution in [0.1, 0.15) is 44.4 Å². The number of aryl methyl sites for hydroxylation is 1. The summed E-state index contributed by atoms with van der Waals surface area (Å²) in [5, 5.41) is 10.4. The lowest BCUT2D eigenvalue weighted by molar-refractivity contribution is 0.300. The van der Waals surface area contributed by atoms with Gasteiger partial charge in [0.25, 0.3) is 0 Å². The van der Waals surface area contributed by atoms with E-state index in [2.05, 4.69) is 56.5 Å². The lowest BCUT2D eigenvalue weighted by Gasteiger charge is -2.19. The van der Waals surface area contributed by atoms with E-state index in [1.54, 1.807) is 0 Å². The zero-order valence-corrected chi connectivity index (χ0v) is 16.0. The molecular weight excluding hydrogens is 320 g/mol. The molecule has 0 aliphatic heterocycles. The van der Waals surface area contributed by atoms with E-state index in [9.17, 15) is 5.26 Å². The molecule has 3 heteroatoms. The Kier molecular flexibility index (Phi) is 5.04. The van der Waals surface area contributed by atoms with Gasteiger partial charge in [0, 0.05) is 11.6 Å². The average Bonchev–Trinajstić information content (AvgIpc) is 2.99. The summed E-state index contributed by atoms with van der Waals surface area (Å²) in [4.78, 5) is 0. The van der Waals surface area contributed by atoms with E-state index in [0.717, 1.165) is 35.2 Å². The average molecular weight is 346 g/mol. The van der Waals surface area contributed by atoms with E-state index in [0.29, 0.717) is 6.61 Å². The summed E-state index contributed by atoms with van der Waals surface area (Å²) in [6, 6.07) is 16.8. The van der Waals surface area contributed by atoms with Crippen molar-refractivity contribution in [2.45, 2.75) is 46.1 Å². The zero-order chi connectivity index (χ0) is 18.7. The second-order valence-electron chi connectivity index (χ2n) is 7.64. The summed E-state index contributed by atoms with van der Waals surface area (Å²) in [6.07, 6.45) is 2.89. The SMILES string of the molecule is CCc1cccc2c(C#N)cn(CCOc3ccc(C(C)(C)C)cc3)c12. The Bertz CT molecular complexity index is 937. The molecular formula is C23H26N2O. The van der Waals surface area contributed by atoms with Crippen LogP contribution in [-0.4, -0.2) is 11.2 Å². The van der Waals surface area contributed by atoms with Crippen LogP contribution < -0.4 is 4.74 Å². The van der Waals surface area contributed by atoms with E-state index >= 15 is 0 Å². The number of rotatable bonds is 5. The van der Waals surface area contributed by atoms with Crippen molar-refractivity contribution in [1.29, 1.82) is 5.26 Å². The summed E-state index contributed by atoms with van der Waals surface area (Å²) >= 11 is 0. The summed E-state index contributed by atoms with van der Waals surface area (Å²) in [7, 11) is 0. The Morgan fingerprint density at radius 1 is 1.08 bits per heavy atom. The van der Waals surface area contributed by atoms with E-state index in [1.807, 2.05) is 30.5 Å². The van der Waals surface area contributed by atoms with Gasteiger partial charge in [-0.25, -0.2) is 0 Å². The van der Waals surface area contributed by atoms with Crippen LogP contribution in [0.2, 0.25) is 0 Å². The Morgan fingerprint density at radius 2 is 1.81 bits per heavy atom. The molecule has 0 bridgehead atoms. The van der Waals surface area contributed by atoms with Crippen molar-refractivity contribution in [1.82, 2.24) is 4.57 Å². The van der Waals surface area contributed by atoms with E-state index < -0.39 is 0 Å². The van der Waals surface area contributed by atoms with Crippen molar-refractivity contribution in [2.75, 3.05) is 6.61 Å². The fourth-order valence-electron chi connectivity index (χ4n) is 3.30. The molecule has 26 heavy (non-hydrogen) atoms. The topological polar surface area (TPSA) is 38.0 Å². The molecule has 1 aromatic heterocycles. The van der Waals surface area contributed by atoms with Gasteiger partial charge in [0.2, 0.25) is 0 Å². The summed E-state index contributed by atoms with van der Waals surface area (Å²) in [5.74, 6) is 0.880. The van der Waals surface area contributed by atoms with Crippen LogP contribution in [0, 0.1) is 11.3 Å². The number of benzene rings is 2. The molecule has 3 rings (SSSR count). The second kappa shape index (κ2) is 7.25. The van der Waals surface area contributed by atoms with E-state index in [4.69, 9.17) is 4.74 Å². The van der Waals surface area contributed by atoms with E-state index in [-0.39, 0.29) is 5.41 Å². The number of para-hydroxylation sites is 1. The van der Waals surface area contributed by atoms with Gasteiger partial charge in [-0.2, -0.15) is 5.26 Å². The van der Waals surface area contributed by atoms with Crippen LogP contribution in [0.4, 0.5) is 0 Å². The molecule has 134 valence electrons. The minimum absolute atomic E-state index is 0.146. The maximum Gasteiger partial charge on any atom is 0.119 e. The van der Waals surface area contributed by atoms with Crippen LogP contribution in [-0.2, 0) is 18.4 Å². The highest BCUT2D eigenvalue weighted by molar-refractivity contribution is 5.89. The summed E-state index contributed by atoms with van der Waals surface area (Å²) in [5.41, 5.74) is 4.58. The fraction of sp³-hybridized carbons (Fsp3) is 0.348. The minimum Gasteiger partial charge on any atom is -0.492 e. The first-order valence-corrected chi connectivity index (χ1v) is 9.18. The molecule has 0 aliphatic rings. The molecule has 0 saturated carbocycles. The Balaban J connectivity index is 1.75. The molecule has 0 atom stereocenters. The predicted molar refractivity (Wildman–Crippen MR) is 107 cm³/mol. The molecule has 0 N–H and O–H groups in total. The number of hydrogen-bond acceptors (Lipinski definition) is 2. The first-order chi connectivity index (χ1) is 12.4.